The number of halogens is 1. The maximum atomic E-state index is 6.07. The van der Waals surface area contributed by atoms with Crippen molar-refractivity contribution in [3.05, 3.63) is 23.2 Å². The molecule has 0 amide bonds. The summed E-state index contributed by atoms with van der Waals surface area (Å²) in [6.45, 7) is 2.49. The highest BCUT2D eigenvalue weighted by molar-refractivity contribution is 6.99. The van der Waals surface area contributed by atoms with Gasteiger partial charge in [-0.2, -0.15) is 8.75 Å². The summed E-state index contributed by atoms with van der Waals surface area (Å²) in [5, 5.41) is 0.548. The van der Waals surface area contributed by atoms with E-state index in [1.165, 1.54) is 0 Å². The maximum Gasteiger partial charge on any atom is 0.165 e. The quantitative estimate of drug-likeness (QED) is 0.916. The van der Waals surface area contributed by atoms with Crippen LogP contribution < -0.4 is 10.5 Å². The van der Waals surface area contributed by atoms with E-state index in [1.54, 1.807) is 12.1 Å². The zero-order valence-corrected chi connectivity index (χ0v) is 10.2. The van der Waals surface area contributed by atoms with E-state index in [4.69, 9.17) is 22.1 Å². The molecule has 0 aliphatic carbocycles. The van der Waals surface area contributed by atoms with E-state index >= 15 is 0 Å². The van der Waals surface area contributed by atoms with Crippen molar-refractivity contribution in [2.75, 3.05) is 12.3 Å². The fourth-order valence-electron chi connectivity index (χ4n) is 1.32. The van der Waals surface area contributed by atoms with Gasteiger partial charge in [-0.3, -0.25) is 0 Å². The van der Waals surface area contributed by atoms with Crippen molar-refractivity contribution in [1.29, 1.82) is 0 Å². The molecule has 4 nitrogen and oxygen atoms in total. The molecular weight excluding hydrogens is 246 g/mol. The van der Waals surface area contributed by atoms with Gasteiger partial charge in [0.05, 0.1) is 23.4 Å². The highest BCUT2D eigenvalue weighted by Crippen LogP contribution is 2.31. The number of hydrogen-bond donors (Lipinski definition) is 1. The Morgan fingerprint density at radius 2 is 2.25 bits per heavy atom. The minimum atomic E-state index is 0.422. The van der Waals surface area contributed by atoms with Crippen LogP contribution >= 0.6 is 23.3 Å². The Hall–Kier alpha value is -1.33. The standard InChI is InChI=1S/C10H10ClN3OS/c1-2-15-8-4-3-6(5-7(8)11)9-10(12)14-16-13-9/h3-5H,2H2,1H3,(H2,12,14). The lowest BCUT2D eigenvalue weighted by molar-refractivity contribution is 0.340. The molecule has 0 spiro atoms. The van der Waals surface area contributed by atoms with E-state index in [0.717, 1.165) is 17.3 Å². The molecule has 2 rings (SSSR count). The number of nitrogen functional groups attached to an aromatic ring is 1. The van der Waals surface area contributed by atoms with E-state index in [2.05, 4.69) is 8.75 Å². The van der Waals surface area contributed by atoms with Gasteiger partial charge in [0.2, 0.25) is 0 Å². The Morgan fingerprint density at radius 3 is 2.81 bits per heavy atom. The van der Waals surface area contributed by atoms with Crippen molar-refractivity contribution in [2.24, 2.45) is 0 Å². The second-order valence-electron chi connectivity index (χ2n) is 3.08. The largest absolute Gasteiger partial charge is 0.492 e. The Balaban J connectivity index is 2.38. The van der Waals surface area contributed by atoms with E-state index in [0.29, 0.717) is 28.9 Å². The number of nitrogens with two attached hydrogens (primary N) is 1. The molecule has 2 aromatic rings. The fraction of sp³-hybridized carbons (Fsp3) is 0.200. The van der Waals surface area contributed by atoms with Crippen molar-refractivity contribution in [2.45, 2.75) is 6.92 Å². The monoisotopic (exact) mass is 255 g/mol. The molecule has 1 heterocycles. The van der Waals surface area contributed by atoms with Crippen LogP contribution in [0.2, 0.25) is 5.02 Å². The SMILES string of the molecule is CCOc1ccc(-c2nsnc2N)cc1Cl. The summed E-state index contributed by atoms with van der Waals surface area (Å²) >= 11 is 7.15. The second-order valence-corrected chi connectivity index (χ2v) is 4.01. The van der Waals surface area contributed by atoms with Crippen LogP contribution in [0, 0.1) is 0 Å². The first kappa shape index (κ1) is 11.2. The molecule has 84 valence electrons. The fourth-order valence-corrected chi connectivity index (χ4v) is 2.05. The lowest BCUT2D eigenvalue weighted by Crippen LogP contribution is -1.93. The molecule has 0 bridgehead atoms. The van der Waals surface area contributed by atoms with Gasteiger partial charge in [0, 0.05) is 5.56 Å². The first-order valence-corrected chi connectivity index (χ1v) is 5.84. The minimum absolute atomic E-state index is 0.422. The molecule has 0 aliphatic rings. The number of benzene rings is 1. The topological polar surface area (TPSA) is 61.0 Å². The number of aromatic nitrogens is 2. The Labute approximate surface area is 102 Å². The smallest absolute Gasteiger partial charge is 0.165 e. The van der Waals surface area contributed by atoms with Crippen LogP contribution in [-0.4, -0.2) is 15.4 Å². The Bertz CT molecular complexity index is 501. The van der Waals surface area contributed by atoms with Crippen LogP contribution in [-0.2, 0) is 0 Å². The molecule has 0 saturated carbocycles. The lowest BCUT2D eigenvalue weighted by atomic mass is 10.1. The van der Waals surface area contributed by atoms with Crippen molar-refractivity contribution in [1.82, 2.24) is 8.75 Å². The van der Waals surface area contributed by atoms with Crippen molar-refractivity contribution in [3.8, 4) is 17.0 Å². The third-order valence-electron chi connectivity index (χ3n) is 2.02. The molecule has 0 unspecified atom stereocenters. The zero-order valence-electron chi connectivity index (χ0n) is 8.61. The molecule has 0 atom stereocenters. The summed E-state index contributed by atoms with van der Waals surface area (Å²) < 4.78 is 13.4. The summed E-state index contributed by atoms with van der Waals surface area (Å²) in [6.07, 6.45) is 0. The predicted molar refractivity (Wildman–Crippen MR) is 65.9 cm³/mol. The third-order valence-corrected chi connectivity index (χ3v) is 2.86. The van der Waals surface area contributed by atoms with Crippen LogP contribution in [0.1, 0.15) is 6.92 Å². The van der Waals surface area contributed by atoms with Crippen LogP contribution in [0.3, 0.4) is 0 Å². The van der Waals surface area contributed by atoms with E-state index in [9.17, 15) is 0 Å². The average Bonchev–Trinajstić information content (AvgIpc) is 2.68. The van der Waals surface area contributed by atoms with Gasteiger partial charge in [0.25, 0.3) is 0 Å². The normalized spacial score (nSPS) is 10.4. The summed E-state index contributed by atoms with van der Waals surface area (Å²) in [5.74, 6) is 1.08. The zero-order chi connectivity index (χ0) is 11.5. The van der Waals surface area contributed by atoms with Gasteiger partial charge in [-0.15, -0.1) is 0 Å². The van der Waals surface area contributed by atoms with Crippen molar-refractivity contribution >= 4 is 29.1 Å². The molecule has 1 aromatic carbocycles. The molecule has 0 saturated heterocycles. The summed E-state index contributed by atoms with van der Waals surface area (Å²) in [4.78, 5) is 0. The molecule has 6 heteroatoms. The molecule has 2 N–H and O–H groups in total. The third kappa shape index (κ3) is 2.10. The van der Waals surface area contributed by atoms with Gasteiger partial charge in [-0.25, -0.2) is 0 Å². The minimum Gasteiger partial charge on any atom is -0.492 e. The van der Waals surface area contributed by atoms with E-state index in [1.807, 2.05) is 13.0 Å². The first-order chi connectivity index (χ1) is 7.72. The molecule has 0 aliphatic heterocycles. The molecule has 0 fully saturated rings. The highest BCUT2D eigenvalue weighted by Gasteiger charge is 2.10. The Morgan fingerprint density at radius 1 is 1.44 bits per heavy atom. The number of anilines is 1. The van der Waals surface area contributed by atoms with E-state index in [-0.39, 0.29) is 0 Å². The predicted octanol–water partition coefficient (Wildman–Crippen LogP) is 2.84. The van der Waals surface area contributed by atoms with E-state index < -0.39 is 0 Å². The maximum absolute atomic E-state index is 6.07. The lowest BCUT2D eigenvalue weighted by Gasteiger charge is -2.06. The van der Waals surface area contributed by atoms with Gasteiger partial charge in [-0.1, -0.05) is 11.6 Å². The first-order valence-electron chi connectivity index (χ1n) is 4.73. The number of ether oxygens (including phenoxy) is 1. The second kappa shape index (κ2) is 4.67. The van der Waals surface area contributed by atoms with Crippen LogP contribution in [0.5, 0.6) is 5.75 Å². The highest BCUT2D eigenvalue weighted by atomic mass is 35.5. The Kier molecular flexibility index (Phi) is 3.26. The van der Waals surface area contributed by atoms with Gasteiger partial charge in [-0.05, 0) is 25.1 Å². The van der Waals surface area contributed by atoms with Gasteiger partial charge < -0.3 is 10.5 Å². The van der Waals surface area contributed by atoms with Crippen molar-refractivity contribution < 1.29 is 4.74 Å². The molecule has 1 aromatic heterocycles. The summed E-state index contributed by atoms with van der Waals surface area (Å²) in [5.41, 5.74) is 7.19. The van der Waals surface area contributed by atoms with Gasteiger partial charge in [0.1, 0.15) is 11.4 Å². The van der Waals surface area contributed by atoms with Gasteiger partial charge in [0.15, 0.2) is 5.82 Å². The van der Waals surface area contributed by atoms with Crippen LogP contribution in [0.25, 0.3) is 11.3 Å². The average molecular weight is 256 g/mol. The van der Waals surface area contributed by atoms with Gasteiger partial charge >= 0.3 is 0 Å². The summed E-state index contributed by atoms with van der Waals surface area (Å²) in [6, 6.07) is 5.45. The van der Waals surface area contributed by atoms with Crippen LogP contribution in [0.15, 0.2) is 18.2 Å². The van der Waals surface area contributed by atoms with Crippen molar-refractivity contribution in [3.63, 3.8) is 0 Å². The number of nitrogens with zero attached hydrogens (tertiary/aromatic N) is 2. The number of rotatable bonds is 3. The number of hydrogen-bond acceptors (Lipinski definition) is 5. The molecule has 0 radical (unpaired) electrons. The molecule has 16 heavy (non-hydrogen) atoms. The summed E-state index contributed by atoms with van der Waals surface area (Å²) in [7, 11) is 0. The van der Waals surface area contributed by atoms with Crippen LogP contribution in [0.4, 0.5) is 5.82 Å². The molecular formula is C10H10ClN3OS.